The summed E-state index contributed by atoms with van der Waals surface area (Å²) < 4.78 is 10.7. The second kappa shape index (κ2) is 13.5. The molecule has 0 fully saturated rings. The van der Waals surface area contributed by atoms with Crippen LogP contribution in [0, 0.1) is 0 Å². The molecule has 1 aromatic heterocycles. The van der Waals surface area contributed by atoms with E-state index >= 15 is 0 Å². The van der Waals surface area contributed by atoms with Gasteiger partial charge in [-0.1, -0.05) is 36.4 Å². The molecule has 3 rings (SSSR count). The van der Waals surface area contributed by atoms with Gasteiger partial charge in [0.1, 0.15) is 23.9 Å². The number of methoxy groups -OCH3 is 2. The average Bonchev–Trinajstić information content (AvgIpc) is 2.91. The van der Waals surface area contributed by atoms with Gasteiger partial charge in [-0.25, -0.2) is 4.98 Å². The topological polar surface area (TPSA) is 110 Å². The van der Waals surface area contributed by atoms with E-state index in [0.29, 0.717) is 36.0 Å². The van der Waals surface area contributed by atoms with Crippen LogP contribution in [0.25, 0.3) is 0 Å². The van der Waals surface area contributed by atoms with Gasteiger partial charge in [0.2, 0.25) is 17.7 Å². The highest BCUT2D eigenvalue weighted by atomic mass is 16.5. The minimum atomic E-state index is -0.396. The molecule has 0 spiro atoms. The summed E-state index contributed by atoms with van der Waals surface area (Å²) in [5, 5.41) is 5.51. The van der Waals surface area contributed by atoms with Gasteiger partial charge in [0.05, 0.1) is 19.9 Å². The van der Waals surface area contributed by atoms with Gasteiger partial charge >= 0.3 is 0 Å². The molecule has 0 saturated carbocycles. The third-order valence-electron chi connectivity index (χ3n) is 5.36. The molecule has 2 N–H and O–H groups in total. The summed E-state index contributed by atoms with van der Waals surface area (Å²) in [6.45, 7) is 0.204. The van der Waals surface area contributed by atoms with Crippen molar-refractivity contribution >= 4 is 29.2 Å². The maximum absolute atomic E-state index is 13.2. The molecule has 0 saturated heterocycles. The molecule has 0 radical (unpaired) electrons. The smallest absolute Gasteiger partial charge is 0.240 e. The summed E-state index contributed by atoms with van der Waals surface area (Å²) in [4.78, 5) is 43.7. The third kappa shape index (κ3) is 7.83. The molecule has 36 heavy (non-hydrogen) atoms. The van der Waals surface area contributed by atoms with Crippen LogP contribution in [0.4, 0.5) is 11.5 Å². The number of aromatic nitrogens is 1. The van der Waals surface area contributed by atoms with Gasteiger partial charge in [-0.05, 0) is 36.2 Å². The van der Waals surface area contributed by atoms with E-state index in [1.807, 2.05) is 30.3 Å². The number of ether oxygens (including phenoxy) is 2. The molecule has 3 amide bonds. The van der Waals surface area contributed by atoms with Crippen LogP contribution >= 0.6 is 0 Å². The number of anilines is 2. The number of hydrogen-bond donors (Lipinski definition) is 2. The van der Waals surface area contributed by atoms with E-state index in [0.717, 1.165) is 5.56 Å². The van der Waals surface area contributed by atoms with Crippen LogP contribution in [0.5, 0.6) is 11.5 Å². The first-order valence-corrected chi connectivity index (χ1v) is 11.5. The molecule has 2 aromatic carbocycles. The highest BCUT2D eigenvalue weighted by Gasteiger charge is 2.23. The van der Waals surface area contributed by atoms with Crippen molar-refractivity contribution in [1.29, 1.82) is 0 Å². The molecule has 0 aliphatic heterocycles. The Labute approximate surface area is 210 Å². The van der Waals surface area contributed by atoms with Gasteiger partial charge in [-0.15, -0.1) is 0 Å². The van der Waals surface area contributed by atoms with Crippen LogP contribution in [0.1, 0.15) is 18.4 Å². The molecule has 3 aromatic rings. The Morgan fingerprint density at radius 2 is 1.67 bits per heavy atom. The molecule has 9 heteroatoms. The quantitative estimate of drug-likeness (QED) is 0.404. The number of pyridine rings is 1. The van der Waals surface area contributed by atoms with Gasteiger partial charge in [-0.3, -0.25) is 19.3 Å². The van der Waals surface area contributed by atoms with E-state index in [2.05, 4.69) is 15.6 Å². The van der Waals surface area contributed by atoms with Crippen molar-refractivity contribution in [3.05, 3.63) is 78.5 Å². The lowest BCUT2D eigenvalue weighted by molar-refractivity contribution is -0.125. The van der Waals surface area contributed by atoms with Crippen molar-refractivity contribution in [2.24, 2.45) is 0 Å². The van der Waals surface area contributed by atoms with Gasteiger partial charge in [-0.2, -0.15) is 0 Å². The molecule has 1 heterocycles. The number of benzene rings is 2. The first-order valence-electron chi connectivity index (χ1n) is 11.5. The van der Waals surface area contributed by atoms with Gasteiger partial charge < -0.3 is 20.1 Å². The van der Waals surface area contributed by atoms with Crippen LogP contribution in [-0.4, -0.2) is 50.0 Å². The van der Waals surface area contributed by atoms with E-state index in [9.17, 15) is 14.4 Å². The number of carbonyl (C=O) groups excluding carboxylic acids is 3. The molecular weight excluding hydrogens is 460 g/mol. The van der Waals surface area contributed by atoms with Crippen molar-refractivity contribution in [3.8, 4) is 11.5 Å². The number of nitrogens with one attached hydrogen (secondary N) is 2. The van der Waals surface area contributed by atoms with Crippen LogP contribution in [0.3, 0.4) is 0 Å². The van der Waals surface area contributed by atoms with Crippen molar-refractivity contribution in [2.45, 2.75) is 19.3 Å². The maximum atomic E-state index is 13.2. The predicted molar refractivity (Wildman–Crippen MR) is 137 cm³/mol. The molecule has 0 aliphatic rings. The van der Waals surface area contributed by atoms with Crippen molar-refractivity contribution in [3.63, 3.8) is 0 Å². The Balaban J connectivity index is 1.68. The van der Waals surface area contributed by atoms with Crippen molar-refractivity contribution < 1.29 is 23.9 Å². The standard InChI is InChI=1S/C27H30N4O5/c1-35-21-11-12-22(23(18-21)36-2)31(19-26(33)29-17-15-20-8-4-3-5-9-20)27(34)14-13-25(32)30-24-10-6-7-16-28-24/h3-12,16,18H,13-15,17,19H2,1-2H3,(H,29,33)(H,28,30,32). The summed E-state index contributed by atoms with van der Waals surface area (Å²) in [7, 11) is 3.00. The zero-order valence-electron chi connectivity index (χ0n) is 20.4. The maximum Gasteiger partial charge on any atom is 0.240 e. The lowest BCUT2D eigenvalue weighted by atomic mass is 10.1. The predicted octanol–water partition coefficient (Wildman–Crippen LogP) is 3.21. The molecule has 0 unspecified atom stereocenters. The van der Waals surface area contributed by atoms with Crippen molar-refractivity contribution in [1.82, 2.24) is 10.3 Å². The second-order valence-corrected chi connectivity index (χ2v) is 7.87. The number of carbonyl (C=O) groups is 3. The van der Waals surface area contributed by atoms with Crippen LogP contribution in [-0.2, 0) is 20.8 Å². The molecule has 0 aliphatic carbocycles. The average molecular weight is 491 g/mol. The highest BCUT2D eigenvalue weighted by molar-refractivity contribution is 6.02. The molecule has 0 bridgehead atoms. The zero-order chi connectivity index (χ0) is 25.8. The normalized spacial score (nSPS) is 10.3. The molecule has 188 valence electrons. The highest BCUT2D eigenvalue weighted by Crippen LogP contribution is 2.32. The fraction of sp³-hybridized carbons (Fsp3) is 0.259. The minimum absolute atomic E-state index is 0.0694. The van der Waals surface area contributed by atoms with Gasteiger partial charge in [0.25, 0.3) is 0 Å². The largest absolute Gasteiger partial charge is 0.497 e. The Kier molecular flexibility index (Phi) is 9.81. The monoisotopic (exact) mass is 490 g/mol. The fourth-order valence-electron chi connectivity index (χ4n) is 3.50. The fourth-order valence-corrected chi connectivity index (χ4v) is 3.50. The SMILES string of the molecule is COc1ccc(N(CC(=O)NCCc2ccccc2)C(=O)CCC(=O)Nc2ccccn2)c(OC)c1. The summed E-state index contributed by atoms with van der Waals surface area (Å²) in [6.07, 6.45) is 2.06. The van der Waals surface area contributed by atoms with Crippen LogP contribution in [0.2, 0.25) is 0 Å². The first kappa shape index (κ1) is 26.2. The first-order chi connectivity index (χ1) is 17.5. The lowest BCUT2D eigenvalue weighted by Crippen LogP contribution is -2.41. The summed E-state index contributed by atoms with van der Waals surface area (Å²) in [5.41, 5.74) is 1.51. The van der Waals surface area contributed by atoms with E-state index in [1.54, 1.807) is 42.6 Å². The Bertz CT molecular complexity index is 1160. The van der Waals surface area contributed by atoms with E-state index < -0.39 is 5.91 Å². The Morgan fingerprint density at radius 3 is 2.36 bits per heavy atom. The lowest BCUT2D eigenvalue weighted by Gasteiger charge is -2.24. The number of nitrogens with zero attached hydrogens (tertiary/aromatic N) is 2. The van der Waals surface area contributed by atoms with Crippen LogP contribution < -0.4 is 25.0 Å². The Morgan fingerprint density at radius 1 is 0.889 bits per heavy atom. The molecular formula is C27H30N4O5. The summed E-state index contributed by atoms with van der Waals surface area (Å²) in [6, 6.07) is 19.9. The minimum Gasteiger partial charge on any atom is -0.497 e. The van der Waals surface area contributed by atoms with Gasteiger partial charge in [0.15, 0.2) is 0 Å². The van der Waals surface area contributed by atoms with Crippen LogP contribution in [0.15, 0.2) is 72.9 Å². The van der Waals surface area contributed by atoms with E-state index in [-0.39, 0.29) is 31.2 Å². The summed E-state index contributed by atoms with van der Waals surface area (Å²) >= 11 is 0. The van der Waals surface area contributed by atoms with E-state index in [4.69, 9.17) is 9.47 Å². The number of hydrogen-bond acceptors (Lipinski definition) is 6. The summed E-state index contributed by atoms with van der Waals surface area (Å²) in [5.74, 6) is 0.253. The van der Waals surface area contributed by atoms with Gasteiger partial charge in [0, 0.05) is 31.6 Å². The van der Waals surface area contributed by atoms with Crippen molar-refractivity contribution in [2.75, 3.05) is 37.5 Å². The Hall–Kier alpha value is -4.40. The molecule has 9 nitrogen and oxygen atoms in total. The molecule has 0 atom stereocenters. The zero-order valence-corrected chi connectivity index (χ0v) is 20.4. The third-order valence-corrected chi connectivity index (χ3v) is 5.36. The number of rotatable bonds is 12. The number of amides is 3. The van der Waals surface area contributed by atoms with E-state index in [1.165, 1.54) is 19.1 Å². The second-order valence-electron chi connectivity index (χ2n) is 7.87.